The molecule has 0 heterocycles. The Morgan fingerprint density at radius 1 is 0.720 bits per heavy atom. The van der Waals surface area contributed by atoms with Gasteiger partial charge in [-0.15, -0.1) is 0 Å². The first-order chi connectivity index (χ1) is 12.1. The van der Waals surface area contributed by atoms with Gasteiger partial charge in [0, 0.05) is 19.3 Å². The number of unbranched alkanes of at least 4 members (excludes halogenated alkanes) is 7. The summed E-state index contributed by atoms with van der Waals surface area (Å²) in [5.74, 6) is -0.132. The first-order valence-corrected chi connectivity index (χ1v) is 9.74. The number of esters is 2. The van der Waals surface area contributed by atoms with Gasteiger partial charge in [-0.05, 0) is 38.5 Å². The Bertz CT molecular complexity index is 365. The predicted molar refractivity (Wildman–Crippen MR) is 99.4 cm³/mol. The van der Waals surface area contributed by atoms with Crippen LogP contribution < -0.4 is 0 Å². The second-order valence-corrected chi connectivity index (χ2v) is 6.44. The summed E-state index contributed by atoms with van der Waals surface area (Å²) in [5.41, 5.74) is 0. The highest BCUT2D eigenvalue weighted by Crippen LogP contribution is 2.07. The highest BCUT2D eigenvalue weighted by molar-refractivity contribution is 5.69. The maximum absolute atomic E-state index is 11.5. The van der Waals surface area contributed by atoms with Crippen LogP contribution in [0.3, 0.4) is 0 Å². The fourth-order valence-electron chi connectivity index (χ4n) is 2.37. The summed E-state index contributed by atoms with van der Waals surface area (Å²) in [6, 6.07) is 0. The van der Waals surface area contributed by atoms with Crippen molar-refractivity contribution in [1.29, 1.82) is 0 Å². The van der Waals surface area contributed by atoms with Gasteiger partial charge in [0.15, 0.2) is 0 Å². The van der Waals surface area contributed by atoms with E-state index < -0.39 is 0 Å². The molecule has 5 nitrogen and oxygen atoms in total. The third-order valence-corrected chi connectivity index (χ3v) is 3.90. The van der Waals surface area contributed by atoms with E-state index in [4.69, 9.17) is 14.6 Å². The van der Waals surface area contributed by atoms with Gasteiger partial charge in [0.05, 0.1) is 19.0 Å². The molecule has 0 saturated heterocycles. The molecule has 0 fully saturated rings. The van der Waals surface area contributed by atoms with Crippen LogP contribution in [-0.4, -0.2) is 30.3 Å². The number of aliphatic hydroxyl groups is 1. The van der Waals surface area contributed by atoms with Gasteiger partial charge in [0.25, 0.3) is 0 Å². The first kappa shape index (κ1) is 23.5. The van der Waals surface area contributed by atoms with E-state index in [-0.39, 0.29) is 17.7 Å². The summed E-state index contributed by atoms with van der Waals surface area (Å²) >= 11 is 0. The number of allylic oxidation sites excluding steroid dienone is 1. The van der Waals surface area contributed by atoms with Crippen LogP contribution >= 0.6 is 0 Å². The second kappa shape index (κ2) is 17.3. The number of carbonyl (C=O) groups is 2. The van der Waals surface area contributed by atoms with Crippen molar-refractivity contribution in [1.82, 2.24) is 0 Å². The van der Waals surface area contributed by atoms with Gasteiger partial charge in [-0.25, -0.2) is 0 Å². The Hall–Kier alpha value is -1.52. The van der Waals surface area contributed by atoms with Crippen LogP contribution in [0.5, 0.6) is 0 Å². The lowest BCUT2D eigenvalue weighted by atomic mass is 10.1. The van der Waals surface area contributed by atoms with E-state index in [1.54, 1.807) is 0 Å². The van der Waals surface area contributed by atoms with Gasteiger partial charge in [-0.2, -0.15) is 0 Å². The number of rotatable bonds is 17. The summed E-state index contributed by atoms with van der Waals surface area (Å²) in [7, 11) is 0. The zero-order valence-corrected chi connectivity index (χ0v) is 15.9. The van der Waals surface area contributed by atoms with E-state index in [1.165, 1.54) is 19.3 Å². The third kappa shape index (κ3) is 18.7. The number of hydrogen-bond acceptors (Lipinski definition) is 5. The minimum absolute atomic E-state index is 0.135. The number of carbonyl (C=O) groups excluding carboxylic acids is 2. The standard InChI is InChI=1S/C20H36O5/c1-3-4-5-6-9-14-19(22)25-17-12-10-15-20(23)24-16-11-7-8-13-18(2)21/h21H,2-17H2,1H3. The summed E-state index contributed by atoms with van der Waals surface area (Å²) in [6.07, 6.45) is 11.0. The first-order valence-electron chi connectivity index (χ1n) is 9.74. The fraction of sp³-hybridized carbons (Fsp3) is 0.800. The molecular weight excluding hydrogens is 320 g/mol. The van der Waals surface area contributed by atoms with E-state index in [1.807, 2.05) is 0 Å². The number of ether oxygens (including phenoxy) is 2. The van der Waals surface area contributed by atoms with E-state index in [0.717, 1.165) is 32.1 Å². The van der Waals surface area contributed by atoms with Crippen LogP contribution in [0.25, 0.3) is 0 Å². The highest BCUT2D eigenvalue weighted by Gasteiger charge is 2.05. The van der Waals surface area contributed by atoms with Crippen molar-refractivity contribution < 1.29 is 24.2 Å². The van der Waals surface area contributed by atoms with E-state index in [2.05, 4.69) is 13.5 Å². The van der Waals surface area contributed by atoms with Crippen LogP contribution in [0, 0.1) is 0 Å². The van der Waals surface area contributed by atoms with Crippen molar-refractivity contribution in [3.05, 3.63) is 12.3 Å². The summed E-state index contributed by atoms with van der Waals surface area (Å²) in [4.78, 5) is 23.0. The molecule has 0 saturated carbocycles. The molecule has 0 rings (SSSR count). The summed E-state index contributed by atoms with van der Waals surface area (Å²) in [5, 5.41) is 8.93. The molecule has 0 radical (unpaired) electrons. The lowest BCUT2D eigenvalue weighted by Crippen LogP contribution is -2.08. The number of hydrogen-bond donors (Lipinski definition) is 1. The maximum Gasteiger partial charge on any atom is 0.305 e. The van der Waals surface area contributed by atoms with E-state index >= 15 is 0 Å². The minimum Gasteiger partial charge on any atom is -0.513 e. The SMILES string of the molecule is C=C(O)CCCCCOC(=O)CCCCOC(=O)CCCCCCC. The molecule has 146 valence electrons. The zero-order valence-electron chi connectivity index (χ0n) is 15.9. The molecule has 0 amide bonds. The fourth-order valence-corrected chi connectivity index (χ4v) is 2.37. The molecular formula is C20H36O5. The van der Waals surface area contributed by atoms with Crippen molar-refractivity contribution in [3.8, 4) is 0 Å². The molecule has 0 aromatic carbocycles. The molecule has 1 N–H and O–H groups in total. The Labute approximate surface area is 152 Å². The molecule has 0 aromatic rings. The molecule has 0 aliphatic carbocycles. The monoisotopic (exact) mass is 356 g/mol. The highest BCUT2D eigenvalue weighted by atomic mass is 16.5. The van der Waals surface area contributed by atoms with Crippen molar-refractivity contribution >= 4 is 11.9 Å². The lowest BCUT2D eigenvalue weighted by molar-refractivity contribution is -0.144. The average Bonchev–Trinajstić information content (AvgIpc) is 2.57. The molecule has 25 heavy (non-hydrogen) atoms. The van der Waals surface area contributed by atoms with Crippen molar-refractivity contribution in [2.24, 2.45) is 0 Å². The average molecular weight is 357 g/mol. The van der Waals surface area contributed by atoms with Crippen LogP contribution in [-0.2, 0) is 19.1 Å². The third-order valence-electron chi connectivity index (χ3n) is 3.90. The molecule has 0 atom stereocenters. The lowest BCUT2D eigenvalue weighted by Gasteiger charge is -2.06. The van der Waals surface area contributed by atoms with Crippen molar-refractivity contribution in [2.75, 3.05) is 13.2 Å². The van der Waals surface area contributed by atoms with Gasteiger partial charge >= 0.3 is 11.9 Å². The largest absolute Gasteiger partial charge is 0.513 e. The Balaban J connectivity index is 3.33. The number of aliphatic hydroxyl groups excluding tert-OH is 1. The quantitative estimate of drug-likeness (QED) is 0.219. The summed E-state index contributed by atoms with van der Waals surface area (Å²) < 4.78 is 10.3. The van der Waals surface area contributed by atoms with E-state index in [0.29, 0.717) is 45.3 Å². The van der Waals surface area contributed by atoms with Crippen molar-refractivity contribution in [2.45, 2.75) is 90.4 Å². The van der Waals surface area contributed by atoms with Crippen LogP contribution in [0.4, 0.5) is 0 Å². The van der Waals surface area contributed by atoms with Gasteiger partial charge in [-0.3, -0.25) is 9.59 Å². The van der Waals surface area contributed by atoms with Crippen LogP contribution in [0.15, 0.2) is 12.3 Å². The minimum atomic E-state index is -0.200. The smallest absolute Gasteiger partial charge is 0.305 e. The van der Waals surface area contributed by atoms with Gasteiger partial charge < -0.3 is 14.6 Å². The molecule has 5 heteroatoms. The normalized spacial score (nSPS) is 10.4. The van der Waals surface area contributed by atoms with Gasteiger partial charge in [0.1, 0.15) is 0 Å². The summed E-state index contributed by atoms with van der Waals surface area (Å²) in [6.45, 7) is 6.39. The zero-order chi connectivity index (χ0) is 18.8. The van der Waals surface area contributed by atoms with Gasteiger partial charge in [0.2, 0.25) is 0 Å². The van der Waals surface area contributed by atoms with Crippen LogP contribution in [0.2, 0.25) is 0 Å². The molecule has 0 unspecified atom stereocenters. The molecule has 0 aliphatic heterocycles. The predicted octanol–water partition coefficient (Wildman–Crippen LogP) is 5.24. The maximum atomic E-state index is 11.5. The Morgan fingerprint density at radius 2 is 1.16 bits per heavy atom. The second-order valence-electron chi connectivity index (χ2n) is 6.44. The van der Waals surface area contributed by atoms with Crippen molar-refractivity contribution in [3.63, 3.8) is 0 Å². The Morgan fingerprint density at radius 3 is 1.72 bits per heavy atom. The van der Waals surface area contributed by atoms with Gasteiger partial charge in [-0.1, -0.05) is 39.2 Å². The Kier molecular flexibility index (Phi) is 16.3. The molecule has 0 aromatic heterocycles. The van der Waals surface area contributed by atoms with Crippen LogP contribution in [0.1, 0.15) is 90.4 Å². The van der Waals surface area contributed by atoms with E-state index in [9.17, 15) is 9.59 Å². The topological polar surface area (TPSA) is 72.8 Å². The molecule has 0 aliphatic rings. The molecule has 0 spiro atoms. The molecule has 0 bridgehead atoms.